The summed E-state index contributed by atoms with van der Waals surface area (Å²) < 4.78 is 0. The lowest BCUT2D eigenvalue weighted by molar-refractivity contribution is -0.384. The highest BCUT2D eigenvalue weighted by molar-refractivity contribution is 6.22. The van der Waals surface area contributed by atoms with Crippen molar-refractivity contribution in [2.45, 2.75) is 13.8 Å². The average molecular weight is 324 g/mol. The molecule has 2 aromatic rings. The molecular weight excluding hydrogens is 308 g/mol. The van der Waals surface area contributed by atoms with Gasteiger partial charge >= 0.3 is 5.97 Å². The quantitative estimate of drug-likeness (QED) is 0.357. The van der Waals surface area contributed by atoms with Crippen molar-refractivity contribution in [2.24, 2.45) is 5.16 Å². The van der Waals surface area contributed by atoms with Crippen LogP contribution in [0.2, 0.25) is 0 Å². The summed E-state index contributed by atoms with van der Waals surface area (Å²) in [7, 11) is 0. The first-order valence-electron chi connectivity index (χ1n) is 7.25. The summed E-state index contributed by atoms with van der Waals surface area (Å²) in [6.07, 6.45) is 1.88. The van der Waals surface area contributed by atoms with E-state index in [1.54, 1.807) is 6.92 Å². The molecule has 0 unspecified atom stereocenters. The number of benzene rings is 2. The van der Waals surface area contributed by atoms with Crippen molar-refractivity contribution in [1.29, 1.82) is 0 Å². The number of allylic oxidation sites excluding steroid dienone is 2. The van der Waals surface area contributed by atoms with E-state index in [1.165, 1.54) is 24.3 Å². The fourth-order valence-electron chi connectivity index (χ4n) is 2.13. The normalized spacial score (nSPS) is 11.9. The fourth-order valence-corrected chi connectivity index (χ4v) is 2.13. The van der Waals surface area contributed by atoms with Gasteiger partial charge in [0.1, 0.15) is 0 Å². The number of hydrogen-bond donors (Lipinski definition) is 0. The molecule has 0 spiro atoms. The van der Waals surface area contributed by atoms with E-state index in [4.69, 9.17) is 4.84 Å². The van der Waals surface area contributed by atoms with E-state index in [9.17, 15) is 14.9 Å². The number of hydrogen-bond acceptors (Lipinski definition) is 5. The largest absolute Gasteiger partial charge is 0.365 e. The lowest BCUT2D eigenvalue weighted by atomic mass is 10.0. The molecule has 6 nitrogen and oxygen atoms in total. The second-order valence-corrected chi connectivity index (χ2v) is 4.93. The van der Waals surface area contributed by atoms with Gasteiger partial charge in [-0.2, -0.15) is 0 Å². The molecule has 0 N–H and O–H groups in total. The Morgan fingerprint density at radius 3 is 2.25 bits per heavy atom. The highest BCUT2D eigenvalue weighted by Crippen LogP contribution is 2.17. The molecule has 0 atom stereocenters. The van der Waals surface area contributed by atoms with E-state index in [-0.39, 0.29) is 11.3 Å². The molecule has 0 aliphatic carbocycles. The monoisotopic (exact) mass is 324 g/mol. The highest BCUT2D eigenvalue weighted by atomic mass is 16.7. The topological polar surface area (TPSA) is 81.8 Å². The number of non-ortho nitro benzene ring substituents is 1. The molecule has 0 radical (unpaired) electrons. The summed E-state index contributed by atoms with van der Waals surface area (Å²) in [5.41, 5.74) is 2.48. The number of nitro benzene ring substituents is 1. The molecule has 0 amide bonds. The number of nitro groups is 1. The zero-order valence-electron chi connectivity index (χ0n) is 13.3. The SMILES string of the molecule is CC=C(C(C)=NOC(=O)c1ccc([N+](=O)[O-])cc1)c1ccccc1. The molecule has 0 saturated carbocycles. The van der Waals surface area contributed by atoms with E-state index >= 15 is 0 Å². The zero-order valence-corrected chi connectivity index (χ0v) is 13.3. The van der Waals surface area contributed by atoms with Gasteiger partial charge in [0.2, 0.25) is 0 Å². The van der Waals surface area contributed by atoms with Gasteiger partial charge < -0.3 is 4.84 Å². The molecule has 0 fully saturated rings. The Labute approximate surface area is 139 Å². The van der Waals surface area contributed by atoms with Crippen LogP contribution in [0.5, 0.6) is 0 Å². The predicted octanol–water partition coefficient (Wildman–Crippen LogP) is 4.23. The average Bonchev–Trinajstić information content (AvgIpc) is 2.61. The summed E-state index contributed by atoms with van der Waals surface area (Å²) >= 11 is 0. The van der Waals surface area contributed by atoms with E-state index in [2.05, 4.69) is 5.16 Å². The van der Waals surface area contributed by atoms with Gasteiger partial charge in [0, 0.05) is 17.7 Å². The number of carbonyl (C=O) groups is 1. The number of rotatable bonds is 5. The lowest BCUT2D eigenvalue weighted by Crippen LogP contribution is -2.04. The minimum absolute atomic E-state index is 0.0912. The van der Waals surface area contributed by atoms with Gasteiger partial charge in [0.15, 0.2) is 0 Å². The predicted molar refractivity (Wildman–Crippen MR) is 91.7 cm³/mol. The van der Waals surface area contributed by atoms with Crippen molar-refractivity contribution in [3.05, 3.63) is 81.9 Å². The molecule has 24 heavy (non-hydrogen) atoms. The Balaban J connectivity index is 2.11. The Hall–Kier alpha value is -3.28. The third-order valence-electron chi connectivity index (χ3n) is 3.34. The van der Waals surface area contributed by atoms with Crippen LogP contribution in [0, 0.1) is 10.1 Å². The smallest absolute Gasteiger partial charge is 0.313 e. The lowest BCUT2D eigenvalue weighted by Gasteiger charge is -2.06. The van der Waals surface area contributed by atoms with Gasteiger partial charge in [-0.1, -0.05) is 41.6 Å². The van der Waals surface area contributed by atoms with Crippen LogP contribution >= 0.6 is 0 Å². The van der Waals surface area contributed by atoms with Crippen LogP contribution in [0.25, 0.3) is 5.57 Å². The minimum atomic E-state index is -0.673. The first kappa shape index (κ1) is 17.1. The molecule has 2 rings (SSSR count). The van der Waals surface area contributed by atoms with Gasteiger partial charge in [-0.3, -0.25) is 10.1 Å². The van der Waals surface area contributed by atoms with Crippen LogP contribution in [0.15, 0.2) is 65.8 Å². The second-order valence-electron chi connectivity index (χ2n) is 4.93. The minimum Gasteiger partial charge on any atom is -0.313 e. The van der Waals surface area contributed by atoms with E-state index in [0.717, 1.165) is 11.1 Å². The van der Waals surface area contributed by atoms with Crippen molar-refractivity contribution < 1.29 is 14.6 Å². The molecule has 6 heteroatoms. The molecule has 0 aliphatic heterocycles. The maximum absolute atomic E-state index is 12.0. The third-order valence-corrected chi connectivity index (χ3v) is 3.34. The number of carbonyl (C=O) groups excluding carboxylic acids is 1. The molecule has 0 aliphatic rings. The van der Waals surface area contributed by atoms with Crippen molar-refractivity contribution in [3.63, 3.8) is 0 Å². The summed E-state index contributed by atoms with van der Waals surface area (Å²) in [5, 5.41) is 14.5. The van der Waals surface area contributed by atoms with Gasteiger partial charge in [-0.25, -0.2) is 4.79 Å². The van der Waals surface area contributed by atoms with Gasteiger partial charge in [-0.15, -0.1) is 0 Å². The maximum Gasteiger partial charge on any atom is 0.365 e. The van der Waals surface area contributed by atoms with Crippen LogP contribution in [0.4, 0.5) is 5.69 Å². The third kappa shape index (κ3) is 4.13. The van der Waals surface area contributed by atoms with Gasteiger partial charge in [0.25, 0.3) is 5.69 Å². The zero-order chi connectivity index (χ0) is 17.5. The molecule has 0 heterocycles. The molecular formula is C18H16N2O4. The van der Waals surface area contributed by atoms with Crippen molar-refractivity contribution in [1.82, 2.24) is 0 Å². The van der Waals surface area contributed by atoms with E-state index in [0.29, 0.717) is 5.71 Å². The van der Waals surface area contributed by atoms with E-state index < -0.39 is 10.9 Å². The molecule has 122 valence electrons. The first-order chi connectivity index (χ1) is 11.5. The van der Waals surface area contributed by atoms with Crippen LogP contribution in [-0.4, -0.2) is 16.6 Å². The molecule has 0 saturated heterocycles. The molecule has 0 bridgehead atoms. The van der Waals surface area contributed by atoms with Crippen molar-refractivity contribution >= 4 is 22.9 Å². The Morgan fingerprint density at radius 1 is 1.08 bits per heavy atom. The van der Waals surface area contributed by atoms with Crippen molar-refractivity contribution in [2.75, 3.05) is 0 Å². The first-order valence-corrected chi connectivity index (χ1v) is 7.25. The highest BCUT2D eigenvalue weighted by Gasteiger charge is 2.11. The Morgan fingerprint density at radius 2 is 1.71 bits per heavy atom. The second kappa shape index (κ2) is 7.82. The summed E-state index contributed by atoms with van der Waals surface area (Å²) in [4.78, 5) is 27.0. The standard InChI is InChI=1S/C18H16N2O4/c1-3-17(14-7-5-4-6-8-14)13(2)19-24-18(21)15-9-11-16(12-10-15)20(22)23/h3-12H,1-2H3. The van der Waals surface area contributed by atoms with Crippen LogP contribution in [0.3, 0.4) is 0 Å². The molecule has 0 aromatic heterocycles. The summed E-state index contributed by atoms with van der Waals surface area (Å²) in [6, 6.07) is 14.8. The van der Waals surface area contributed by atoms with Gasteiger partial charge in [0.05, 0.1) is 16.2 Å². The van der Waals surface area contributed by atoms with Crippen LogP contribution < -0.4 is 0 Å². The van der Waals surface area contributed by atoms with E-state index in [1.807, 2.05) is 43.3 Å². The molecule has 2 aromatic carbocycles. The van der Waals surface area contributed by atoms with Gasteiger partial charge in [-0.05, 0) is 31.5 Å². The number of nitrogens with zero attached hydrogens (tertiary/aromatic N) is 2. The Bertz CT molecular complexity index is 794. The van der Waals surface area contributed by atoms with Crippen LogP contribution in [-0.2, 0) is 4.84 Å². The van der Waals surface area contributed by atoms with Crippen molar-refractivity contribution in [3.8, 4) is 0 Å². The summed E-state index contributed by atoms with van der Waals surface area (Å²) in [5.74, 6) is -0.673. The Kier molecular flexibility index (Phi) is 5.57. The summed E-state index contributed by atoms with van der Waals surface area (Å²) in [6.45, 7) is 3.62. The maximum atomic E-state index is 12.0. The number of oxime groups is 1. The fraction of sp³-hybridized carbons (Fsp3) is 0.111. The van der Waals surface area contributed by atoms with Crippen LogP contribution in [0.1, 0.15) is 29.8 Å².